The summed E-state index contributed by atoms with van der Waals surface area (Å²) in [4.78, 5) is 0. The Hall–Kier alpha value is -2.18. The lowest BCUT2D eigenvalue weighted by Gasteiger charge is -2.00. The van der Waals surface area contributed by atoms with Crippen LogP contribution in [0.15, 0.2) is 45.3 Å². The van der Waals surface area contributed by atoms with Crippen molar-refractivity contribution >= 4 is 39.7 Å². The van der Waals surface area contributed by atoms with Gasteiger partial charge in [-0.3, -0.25) is 0 Å². The van der Waals surface area contributed by atoms with Gasteiger partial charge < -0.3 is 9.52 Å². The second-order valence-corrected chi connectivity index (χ2v) is 6.26. The summed E-state index contributed by atoms with van der Waals surface area (Å²) in [6.07, 6.45) is 3.73. The molecule has 1 heterocycles. The molecule has 0 atom stereocenters. The van der Waals surface area contributed by atoms with E-state index in [-0.39, 0.29) is 5.75 Å². The number of benzene rings is 2. The summed E-state index contributed by atoms with van der Waals surface area (Å²) in [5.41, 5.74) is 1.57. The SMILES string of the molecule is Oc1ccc(Cc2nnc(/C=C/c3ccc(F)cc3Cl)o2)cc1Br. The van der Waals surface area contributed by atoms with Crippen LogP contribution in [0.3, 0.4) is 0 Å². The van der Waals surface area contributed by atoms with Gasteiger partial charge in [0.25, 0.3) is 0 Å². The molecular weight excluding hydrogens is 399 g/mol. The van der Waals surface area contributed by atoms with E-state index in [9.17, 15) is 9.50 Å². The number of aromatic nitrogens is 2. The van der Waals surface area contributed by atoms with Gasteiger partial charge in [-0.2, -0.15) is 0 Å². The van der Waals surface area contributed by atoms with Gasteiger partial charge in [-0.15, -0.1) is 10.2 Å². The van der Waals surface area contributed by atoms with Crippen molar-refractivity contribution in [3.8, 4) is 5.75 Å². The van der Waals surface area contributed by atoms with Crippen molar-refractivity contribution in [3.63, 3.8) is 0 Å². The largest absolute Gasteiger partial charge is 0.507 e. The first-order chi connectivity index (χ1) is 11.5. The fraction of sp³-hybridized carbons (Fsp3) is 0.0588. The molecule has 3 aromatic rings. The topological polar surface area (TPSA) is 59.2 Å². The maximum absolute atomic E-state index is 13.0. The summed E-state index contributed by atoms with van der Waals surface area (Å²) < 4.78 is 19.1. The lowest BCUT2D eigenvalue weighted by atomic mass is 10.1. The maximum atomic E-state index is 13.0. The number of hydrogen-bond donors (Lipinski definition) is 1. The zero-order chi connectivity index (χ0) is 17.1. The number of halogens is 3. The molecule has 0 saturated carbocycles. The van der Waals surface area contributed by atoms with Gasteiger partial charge in [0.2, 0.25) is 11.8 Å². The lowest BCUT2D eigenvalue weighted by molar-refractivity contribution is 0.471. The molecule has 24 heavy (non-hydrogen) atoms. The van der Waals surface area contributed by atoms with E-state index in [0.717, 1.165) is 5.56 Å². The van der Waals surface area contributed by atoms with Crippen LogP contribution in [0.4, 0.5) is 4.39 Å². The first kappa shape index (κ1) is 16.7. The van der Waals surface area contributed by atoms with Crippen LogP contribution in [0.2, 0.25) is 5.02 Å². The fourth-order valence-corrected chi connectivity index (χ4v) is 2.69. The average molecular weight is 410 g/mol. The Kier molecular flexibility index (Phi) is 4.97. The van der Waals surface area contributed by atoms with Gasteiger partial charge in [-0.05, 0) is 57.4 Å². The molecule has 0 bridgehead atoms. The molecule has 3 rings (SSSR count). The third-order valence-electron chi connectivity index (χ3n) is 3.22. The molecule has 0 radical (unpaired) electrons. The Bertz CT molecular complexity index is 911. The summed E-state index contributed by atoms with van der Waals surface area (Å²) in [7, 11) is 0. The second kappa shape index (κ2) is 7.15. The standard InChI is InChI=1S/C17H11BrClFN2O2/c18-13-7-10(1-5-15(13)23)8-17-22-21-16(24-17)6-3-11-2-4-12(20)9-14(11)19/h1-7,9,23H,8H2/b6-3+. The third kappa shape index (κ3) is 4.01. The second-order valence-electron chi connectivity index (χ2n) is 5.00. The zero-order valence-corrected chi connectivity index (χ0v) is 14.6. The summed E-state index contributed by atoms with van der Waals surface area (Å²) >= 11 is 9.21. The molecule has 122 valence electrons. The van der Waals surface area contributed by atoms with Gasteiger partial charge in [-0.25, -0.2) is 4.39 Å². The minimum atomic E-state index is -0.391. The maximum Gasteiger partial charge on any atom is 0.240 e. The van der Waals surface area contributed by atoms with Gasteiger partial charge >= 0.3 is 0 Å². The van der Waals surface area contributed by atoms with Crippen molar-refractivity contribution in [2.75, 3.05) is 0 Å². The van der Waals surface area contributed by atoms with Crippen LogP contribution < -0.4 is 0 Å². The van der Waals surface area contributed by atoms with E-state index in [2.05, 4.69) is 26.1 Å². The molecule has 0 unspecified atom stereocenters. The highest BCUT2D eigenvalue weighted by molar-refractivity contribution is 9.10. The van der Waals surface area contributed by atoms with Crippen LogP contribution in [-0.2, 0) is 6.42 Å². The van der Waals surface area contributed by atoms with E-state index in [1.54, 1.807) is 36.4 Å². The van der Waals surface area contributed by atoms with Crippen LogP contribution in [0.25, 0.3) is 12.2 Å². The molecule has 0 amide bonds. The van der Waals surface area contributed by atoms with Crippen LogP contribution in [0.1, 0.15) is 22.9 Å². The molecule has 0 fully saturated rings. The predicted molar refractivity (Wildman–Crippen MR) is 93.2 cm³/mol. The number of nitrogens with zero attached hydrogens (tertiary/aromatic N) is 2. The van der Waals surface area contributed by atoms with E-state index >= 15 is 0 Å². The van der Waals surface area contributed by atoms with Crippen molar-refractivity contribution in [2.45, 2.75) is 6.42 Å². The van der Waals surface area contributed by atoms with Gasteiger partial charge in [0.05, 0.1) is 15.9 Å². The van der Waals surface area contributed by atoms with Crippen LogP contribution in [0.5, 0.6) is 5.75 Å². The summed E-state index contributed by atoms with van der Waals surface area (Å²) in [6, 6.07) is 9.29. The Labute approximate surface area is 150 Å². The average Bonchev–Trinajstić information content (AvgIpc) is 2.98. The summed E-state index contributed by atoms with van der Waals surface area (Å²) in [6.45, 7) is 0. The number of aromatic hydroxyl groups is 1. The molecular formula is C17H11BrClFN2O2. The molecule has 0 saturated heterocycles. The van der Waals surface area contributed by atoms with Gasteiger partial charge in [0, 0.05) is 6.08 Å². The highest BCUT2D eigenvalue weighted by Crippen LogP contribution is 2.25. The fourth-order valence-electron chi connectivity index (χ4n) is 2.04. The molecule has 0 aliphatic rings. The van der Waals surface area contributed by atoms with Crippen LogP contribution >= 0.6 is 27.5 Å². The predicted octanol–water partition coefficient (Wildman–Crippen LogP) is 5.09. The first-order valence-electron chi connectivity index (χ1n) is 6.94. The monoisotopic (exact) mass is 408 g/mol. The molecule has 0 spiro atoms. The van der Waals surface area contributed by atoms with Gasteiger partial charge in [-0.1, -0.05) is 23.7 Å². The molecule has 2 aromatic carbocycles. The Morgan fingerprint density at radius 1 is 1.17 bits per heavy atom. The molecule has 0 aliphatic carbocycles. The van der Waals surface area contributed by atoms with Crippen molar-refractivity contribution < 1.29 is 13.9 Å². The Morgan fingerprint density at radius 2 is 2.00 bits per heavy atom. The first-order valence-corrected chi connectivity index (χ1v) is 8.11. The molecule has 7 heteroatoms. The van der Waals surface area contributed by atoms with Crippen LogP contribution in [0, 0.1) is 5.82 Å². The molecule has 0 aliphatic heterocycles. The van der Waals surface area contributed by atoms with E-state index in [4.69, 9.17) is 16.0 Å². The highest BCUT2D eigenvalue weighted by atomic mass is 79.9. The van der Waals surface area contributed by atoms with Crippen LogP contribution in [-0.4, -0.2) is 15.3 Å². The third-order valence-corrected chi connectivity index (χ3v) is 4.18. The van der Waals surface area contributed by atoms with Gasteiger partial charge in [0.15, 0.2) is 0 Å². The quantitative estimate of drug-likeness (QED) is 0.652. The van der Waals surface area contributed by atoms with Crippen molar-refractivity contribution in [1.82, 2.24) is 10.2 Å². The summed E-state index contributed by atoms with van der Waals surface area (Å²) in [5, 5.41) is 17.7. The van der Waals surface area contributed by atoms with E-state index in [0.29, 0.717) is 33.3 Å². The van der Waals surface area contributed by atoms with Gasteiger partial charge in [0.1, 0.15) is 11.6 Å². The van der Waals surface area contributed by atoms with E-state index < -0.39 is 5.82 Å². The minimum absolute atomic E-state index is 0.170. The van der Waals surface area contributed by atoms with Crippen molar-refractivity contribution in [2.24, 2.45) is 0 Å². The smallest absolute Gasteiger partial charge is 0.240 e. The molecule has 1 N–H and O–H groups in total. The number of phenols is 1. The number of hydrogen-bond acceptors (Lipinski definition) is 4. The van der Waals surface area contributed by atoms with E-state index in [1.165, 1.54) is 12.1 Å². The molecule has 1 aromatic heterocycles. The number of phenolic OH excluding ortho intramolecular Hbond substituents is 1. The Morgan fingerprint density at radius 3 is 2.75 bits per heavy atom. The Balaban J connectivity index is 1.73. The highest BCUT2D eigenvalue weighted by Gasteiger charge is 2.07. The van der Waals surface area contributed by atoms with E-state index in [1.807, 2.05) is 0 Å². The normalized spacial score (nSPS) is 11.3. The number of rotatable bonds is 4. The minimum Gasteiger partial charge on any atom is -0.507 e. The zero-order valence-electron chi connectivity index (χ0n) is 12.2. The van der Waals surface area contributed by atoms with Crippen molar-refractivity contribution in [3.05, 3.63) is 74.6 Å². The van der Waals surface area contributed by atoms with Crippen molar-refractivity contribution in [1.29, 1.82) is 0 Å². The molecule has 4 nitrogen and oxygen atoms in total. The lowest BCUT2D eigenvalue weighted by Crippen LogP contribution is -1.88. The summed E-state index contributed by atoms with van der Waals surface area (Å²) in [5.74, 6) is 0.544.